The predicted octanol–water partition coefficient (Wildman–Crippen LogP) is 0.0496. The Morgan fingerprint density at radius 2 is 1.91 bits per heavy atom. The van der Waals surface area contributed by atoms with Gasteiger partial charge in [0.25, 0.3) is 11.5 Å². The number of carbonyl (C=O) groups excluding carboxylic acids is 2. The number of H-pyrrole nitrogens is 1. The van der Waals surface area contributed by atoms with Gasteiger partial charge in [-0.3, -0.25) is 33.4 Å². The number of ether oxygens (including phenoxy) is 2. The SMILES string of the molecule is CCCCn1c(N)c(N(CCOC)C(=O)COC(=O)Cn2c(=O)oc3ccccc32)c(=O)[nH]c1=O. The molecule has 3 aromatic rings. The molecule has 0 spiro atoms. The van der Waals surface area contributed by atoms with Crippen molar-refractivity contribution in [3.8, 4) is 0 Å². The largest absolute Gasteiger partial charge is 0.454 e. The van der Waals surface area contributed by atoms with Gasteiger partial charge in [-0.2, -0.15) is 0 Å². The number of nitrogen functional groups attached to an aromatic ring is 1. The van der Waals surface area contributed by atoms with Gasteiger partial charge in [0, 0.05) is 20.2 Å². The molecule has 2 aromatic heterocycles. The third-order valence-electron chi connectivity index (χ3n) is 5.26. The second-order valence-corrected chi connectivity index (χ2v) is 7.62. The van der Waals surface area contributed by atoms with Gasteiger partial charge < -0.3 is 19.6 Å². The zero-order valence-electron chi connectivity index (χ0n) is 19.4. The number of rotatable bonds is 11. The predicted molar refractivity (Wildman–Crippen MR) is 126 cm³/mol. The smallest absolute Gasteiger partial charge is 0.420 e. The molecule has 1 aromatic carbocycles. The Morgan fingerprint density at radius 3 is 2.63 bits per heavy atom. The lowest BCUT2D eigenvalue weighted by molar-refractivity contribution is -0.148. The lowest BCUT2D eigenvalue weighted by Gasteiger charge is -2.24. The van der Waals surface area contributed by atoms with E-state index in [0.717, 1.165) is 15.9 Å². The molecule has 0 saturated carbocycles. The molecule has 13 heteroatoms. The number of esters is 1. The van der Waals surface area contributed by atoms with Gasteiger partial charge in [0.2, 0.25) is 0 Å². The fraction of sp³-hybridized carbons (Fsp3) is 0.409. The summed E-state index contributed by atoms with van der Waals surface area (Å²) in [6, 6.07) is 6.55. The average Bonchev–Trinajstić information content (AvgIpc) is 3.14. The summed E-state index contributed by atoms with van der Waals surface area (Å²) in [4.78, 5) is 65.3. The number of methoxy groups -OCH3 is 1. The molecule has 0 fully saturated rings. The number of aromatic amines is 1. The van der Waals surface area contributed by atoms with E-state index in [-0.39, 0.29) is 31.2 Å². The Hall–Kier alpha value is -4.13. The minimum absolute atomic E-state index is 0.0447. The Kier molecular flexibility index (Phi) is 8.25. The van der Waals surface area contributed by atoms with Crippen molar-refractivity contribution >= 4 is 34.5 Å². The highest BCUT2D eigenvalue weighted by Crippen LogP contribution is 2.17. The Balaban J connectivity index is 1.80. The van der Waals surface area contributed by atoms with E-state index in [2.05, 4.69) is 4.98 Å². The first kappa shape index (κ1) is 25.5. The molecule has 13 nitrogen and oxygen atoms in total. The van der Waals surface area contributed by atoms with E-state index in [1.807, 2.05) is 6.92 Å². The molecule has 35 heavy (non-hydrogen) atoms. The number of hydrogen-bond donors (Lipinski definition) is 2. The van der Waals surface area contributed by atoms with Crippen molar-refractivity contribution in [2.45, 2.75) is 32.9 Å². The maximum absolute atomic E-state index is 13.0. The van der Waals surface area contributed by atoms with E-state index in [1.165, 1.54) is 11.7 Å². The summed E-state index contributed by atoms with van der Waals surface area (Å²) >= 11 is 0. The van der Waals surface area contributed by atoms with Crippen LogP contribution in [0.1, 0.15) is 19.8 Å². The van der Waals surface area contributed by atoms with Crippen LogP contribution in [0.5, 0.6) is 0 Å². The summed E-state index contributed by atoms with van der Waals surface area (Å²) in [6.45, 7) is 0.920. The number of hydrogen-bond acceptors (Lipinski definition) is 9. The fourth-order valence-electron chi connectivity index (χ4n) is 3.48. The van der Waals surface area contributed by atoms with Crippen molar-refractivity contribution < 1.29 is 23.5 Å². The van der Waals surface area contributed by atoms with Gasteiger partial charge in [-0.15, -0.1) is 0 Å². The second kappa shape index (κ2) is 11.3. The summed E-state index contributed by atoms with van der Waals surface area (Å²) in [5, 5.41) is 0. The van der Waals surface area contributed by atoms with Crippen molar-refractivity contribution in [1.82, 2.24) is 14.1 Å². The molecule has 3 N–H and O–H groups in total. The van der Waals surface area contributed by atoms with Gasteiger partial charge in [0.15, 0.2) is 17.9 Å². The highest BCUT2D eigenvalue weighted by Gasteiger charge is 2.25. The number of amides is 1. The number of oxazole rings is 1. The van der Waals surface area contributed by atoms with Crippen LogP contribution < -0.4 is 27.6 Å². The van der Waals surface area contributed by atoms with Crippen LogP contribution >= 0.6 is 0 Å². The molecule has 0 saturated heterocycles. The average molecular weight is 489 g/mol. The lowest BCUT2D eigenvalue weighted by Crippen LogP contribution is -2.44. The van der Waals surface area contributed by atoms with Crippen molar-refractivity contribution in [3.05, 3.63) is 55.7 Å². The van der Waals surface area contributed by atoms with Crippen molar-refractivity contribution in [2.75, 3.05) is 37.5 Å². The summed E-state index contributed by atoms with van der Waals surface area (Å²) in [5.74, 6) is -2.56. The number of para-hydroxylation sites is 2. The van der Waals surface area contributed by atoms with Crippen LogP contribution in [-0.2, 0) is 32.2 Å². The van der Waals surface area contributed by atoms with Crippen LogP contribution in [0.25, 0.3) is 11.1 Å². The number of nitrogens with zero attached hydrogens (tertiary/aromatic N) is 3. The molecule has 2 heterocycles. The molecule has 0 bridgehead atoms. The van der Waals surface area contributed by atoms with Gasteiger partial charge in [-0.05, 0) is 18.6 Å². The monoisotopic (exact) mass is 489 g/mol. The molecule has 0 aliphatic carbocycles. The molecular formula is C22H27N5O8. The zero-order valence-corrected chi connectivity index (χ0v) is 19.4. The van der Waals surface area contributed by atoms with Crippen LogP contribution in [-0.4, -0.2) is 52.9 Å². The first-order valence-corrected chi connectivity index (χ1v) is 10.9. The van der Waals surface area contributed by atoms with E-state index in [9.17, 15) is 24.0 Å². The van der Waals surface area contributed by atoms with Crippen molar-refractivity contribution in [3.63, 3.8) is 0 Å². The standard InChI is InChI=1S/C22H27N5O8/c1-3-4-9-26-19(23)18(20(30)24-21(26)31)25(10-11-33-2)16(28)13-34-17(29)12-27-14-7-5-6-8-15(14)35-22(27)32/h5-8H,3-4,9-13,23H2,1-2H3,(H,24,30,31). The van der Waals surface area contributed by atoms with E-state index in [0.29, 0.717) is 17.5 Å². The van der Waals surface area contributed by atoms with E-state index < -0.39 is 42.0 Å². The minimum atomic E-state index is -0.867. The van der Waals surface area contributed by atoms with Gasteiger partial charge in [0.05, 0.1) is 12.1 Å². The number of anilines is 2. The Morgan fingerprint density at radius 1 is 1.17 bits per heavy atom. The number of benzene rings is 1. The van der Waals surface area contributed by atoms with Crippen LogP contribution in [0.4, 0.5) is 11.5 Å². The quantitative estimate of drug-likeness (QED) is 0.353. The second-order valence-electron chi connectivity index (χ2n) is 7.62. The molecule has 3 rings (SSSR count). The van der Waals surface area contributed by atoms with Gasteiger partial charge in [0.1, 0.15) is 12.4 Å². The summed E-state index contributed by atoms with van der Waals surface area (Å²) < 4.78 is 17.4. The normalized spacial score (nSPS) is 11.0. The molecule has 188 valence electrons. The third kappa shape index (κ3) is 5.69. The molecule has 0 aliphatic heterocycles. The molecule has 0 radical (unpaired) electrons. The number of unbranched alkanes of at least 4 members (excludes halogenated alkanes) is 1. The first-order chi connectivity index (χ1) is 16.8. The van der Waals surface area contributed by atoms with Crippen LogP contribution in [0, 0.1) is 0 Å². The number of carbonyl (C=O) groups is 2. The summed E-state index contributed by atoms with van der Waals surface area (Å²) in [7, 11) is 1.41. The maximum atomic E-state index is 13.0. The highest BCUT2D eigenvalue weighted by molar-refractivity contribution is 5.97. The van der Waals surface area contributed by atoms with E-state index in [4.69, 9.17) is 19.6 Å². The summed E-state index contributed by atoms with van der Waals surface area (Å²) in [5.41, 5.74) is 5.03. The molecule has 0 atom stereocenters. The lowest BCUT2D eigenvalue weighted by atomic mass is 10.3. The minimum Gasteiger partial charge on any atom is -0.454 e. The number of fused-ring (bicyclic) bond motifs is 1. The number of nitrogens with two attached hydrogens (primary N) is 1. The maximum Gasteiger partial charge on any atom is 0.420 e. The van der Waals surface area contributed by atoms with Gasteiger partial charge >= 0.3 is 17.4 Å². The number of nitrogens with one attached hydrogen (secondary N) is 1. The van der Waals surface area contributed by atoms with Crippen molar-refractivity contribution in [2.24, 2.45) is 0 Å². The molecule has 0 unspecified atom stereocenters. The molecule has 0 aliphatic rings. The van der Waals surface area contributed by atoms with E-state index in [1.54, 1.807) is 24.3 Å². The van der Waals surface area contributed by atoms with Gasteiger partial charge in [-0.1, -0.05) is 25.5 Å². The van der Waals surface area contributed by atoms with Gasteiger partial charge in [-0.25, -0.2) is 9.59 Å². The Labute approximate surface area is 198 Å². The molecule has 1 amide bonds. The van der Waals surface area contributed by atoms with Crippen LogP contribution in [0.2, 0.25) is 0 Å². The van der Waals surface area contributed by atoms with Crippen molar-refractivity contribution in [1.29, 1.82) is 0 Å². The highest BCUT2D eigenvalue weighted by atomic mass is 16.5. The third-order valence-corrected chi connectivity index (χ3v) is 5.26. The number of aromatic nitrogens is 3. The summed E-state index contributed by atoms with van der Waals surface area (Å²) in [6.07, 6.45) is 1.40. The fourth-order valence-corrected chi connectivity index (χ4v) is 3.48. The zero-order chi connectivity index (χ0) is 25.5. The first-order valence-electron chi connectivity index (χ1n) is 10.9. The van der Waals surface area contributed by atoms with Crippen LogP contribution in [0.15, 0.2) is 43.1 Å². The van der Waals surface area contributed by atoms with Crippen LogP contribution in [0.3, 0.4) is 0 Å². The molecular weight excluding hydrogens is 462 g/mol. The Bertz CT molecular complexity index is 1380. The van der Waals surface area contributed by atoms with E-state index >= 15 is 0 Å². The topological polar surface area (TPSA) is 172 Å².